The normalized spacial score (nSPS) is 29.5. The Hall–Kier alpha value is -1.27. The van der Waals surface area contributed by atoms with E-state index in [9.17, 15) is 22.8 Å². The third-order valence-electron chi connectivity index (χ3n) is 3.40. The number of rotatable bonds is 2. The van der Waals surface area contributed by atoms with Crippen molar-refractivity contribution in [3.05, 3.63) is 0 Å². The average Bonchev–Trinajstić information content (AvgIpc) is 2.92. The highest BCUT2D eigenvalue weighted by Gasteiger charge is 2.68. The van der Waals surface area contributed by atoms with Gasteiger partial charge < -0.3 is 10.0 Å². The van der Waals surface area contributed by atoms with E-state index in [4.69, 9.17) is 5.11 Å². The van der Waals surface area contributed by atoms with Gasteiger partial charge >= 0.3 is 12.1 Å². The van der Waals surface area contributed by atoms with Gasteiger partial charge in [0.1, 0.15) is 0 Å². The fourth-order valence-corrected chi connectivity index (χ4v) is 2.31. The van der Waals surface area contributed by atoms with Crippen molar-refractivity contribution in [2.45, 2.75) is 37.4 Å². The second-order valence-corrected chi connectivity index (χ2v) is 4.53. The van der Waals surface area contributed by atoms with Crippen molar-refractivity contribution in [1.29, 1.82) is 0 Å². The van der Waals surface area contributed by atoms with Gasteiger partial charge in [0.05, 0.1) is 0 Å². The Morgan fingerprint density at radius 1 is 1.29 bits per heavy atom. The number of carbonyl (C=O) groups is 2. The number of nitrogens with zero attached hydrogens (tertiary/aromatic N) is 1. The van der Waals surface area contributed by atoms with Crippen molar-refractivity contribution in [3.8, 4) is 0 Å². The van der Waals surface area contributed by atoms with Crippen LogP contribution in [0.2, 0.25) is 0 Å². The lowest BCUT2D eigenvalue weighted by atomic mass is 9.95. The number of likely N-dealkylation sites (tertiary alicyclic amines) is 1. The SMILES string of the molecule is O=C(C1CC1)N1CCCC1(C(=O)O)C(F)(F)F. The Morgan fingerprint density at radius 2 is 1.88 bits per heavy atom. The predicted molar refractivity (Wildman–Crippen MR) is 50.1 cm³/mol. The van der Waals surface area contributed by atoms with E-state index < -0.39 is 35.9 Å². The first-order chi connectivity index (χ1) is 7.80. The molecule has 1 aliphatic carbocycles. The molecule has 1 saturated carbocycles. The maximum absolute atomic E-state index is 13.0. The van der Waals surface area contributed by atoms with E-state index in [1.54, 1.807) is 0 Å². The molecule has 0 aromatic rings. The van der Waals surface area contributed by atoms with Crippen molar-refractivity contribution >= 4 is 11.9 Å². The number of alkyl halides is 3. The van der Waals surface area contributed by atoms with Gasteiger partial charge in [0.2, 0.25) is 11.4 Å². The van der Waals surface area contributed by atoms with Crippen molar-refractivity contribution < 1.29 is 27.9 Å². The average molecular weight is 251 g/mol. The molecule has 0 aromatic carbocycles. The zero-order chi connectivity index (χ0) is 12.8. The molecule has 1 N–H and O–H groups in total. The second kappa shape index (κ2) is 3.61. The first kappa shape index (κ1) is 12.2. The molecular formula is C10H12F3NO3. The van der Waals surface area contributed by atoms with Crippen molar-refractivity contribution in [2.24, 2.45) is 5.92 Å². The van der Waals surface area contributed by atoms with Crippen LogP contribution in [0.25, 0.3) is 0 Å². The van der Waals surface area contributed by atoms with Gasteiger partial charge in [0.15, 0.2) is 0 Å². The predicted octanol–water partition coefficient (Wildman–Crippen LogP) is 1.40. The van der Waals surface area contributed by atoms with Gasteiger partial charge in [-0.25, -0.2) is 4.79 Å². The summed E-state index contributed by atoms with van der Waals surface area (Å²) in [7, 11) is 0. The standard InChI is InChI=1S/C10H12F3NO3/c11-10(12,13)9(8(16)17)4-1-5-14(9)7(15)6-2-3-6/h6H,1-5H2,(H,16,17). The number of halogens is 3. The molecule has 2 rings (SSSR count). The molecule has 1 heterocycles. The minimum atomic E-state index is -4.93. The van der Waals surface area contributed by atoms with Crippen LogP contribution in [-0.2, 0) is 9.59 Å². The topological polar surface area (TPSA) is 57.6 Å². The molecule has 96 valence electrons. The third-order valence-corrected chi connectivity index (χ3v) is 3.40. The Labute approximate surface area is 95.4 Å². The summed E-state index contributed by atoms with van der Waals surface area (Å²) >= 11 is 0. The van der Waals surface area contributed by atoms with E-state index in [0.29, 0.717) is 17.7 Å². The molecule has 7 heteroatoms. The third kappa shape index (κ3) is 1.68. The fourth-order valence-electron chi connectivity index (χ4n) is 2.31. The molecule has 2 fully saturated rings. The van der Waals surface area contributed by atoms with Crippen LogP contribution in [0.4, 0.5) is 13.2 Å². The first-order valence-corrected chi connectivity index (χ1v) is 5.42. The summed E-state index contributed by atoms with van der Waals surface area (Å²) in [6.07, 6.45) is -4.29. The van der Waals surface area contributed by atoms with Crippen LogP contribution in [0.15, 0.2) is 0 Å². The van der Waals surface area contributed by atoms with E-state index in [-0.39, 0.29) is 13.0 Å². The molecule has 0 spiro atoms. The van der Waals surface area contributed by atoms with E-state index in [1.807, 2.05) is 0 Å². The van der Waals surface area contributed by atoms with E-state index >= 15 is 0 Å². The van der Waals surface area contributed by atoms with Crippen LogP contribution in [0, 0.1) is 5.92 Å². The smallest absolute Gasteiger partial charge is 0.422 e. The zero-order valence-corrected chi connectivity index (χ0v) is 8.96. The van der Waals surface area contributed by atoms with E-state index in [2.05, 4.69) is 0 Å². The summed E-state index contributed by atoms with van der Waals surface area (Å²) < 4.78 is 39.0. The lowest BCUT2D eigenvalue weighted by Crippen LogP contribution is -2.62. The molecule has 1 atom stereocenters. The zero-order valence-electron chi connectivity index (χ0n) is 8.96. The Kier molecular flexibility index (Phi) is 2.59. The van der Waals surface area contributed by atoms with Crippen molar-refractivity contribution in [3.63, 3.8) is 0 Å². The molecule has 1 saturated heterocycles. The molecule has 0 aromatic heterocycles. The lowest BCUT2D eigenvalue weighted by molar-refractivity contribution is -0.230. The fraction of sp³-hybridized carbons (Fsp3) is 0.800. The number of hydrogen-bond acceptors (Lipinski definition) is 2. The molecule has 4 nitrogen and oxygen atoms in total. The molecule has 0 radical (unpaired) electrons. The number of carboxylic acids is 1. The van der Waals surface area contributed by atoms with Gasteiger partial charge in [-0.3, -0.25) is 4.79 Å². The molecule has 1 aliphatic heterocycles. The second-order valence-electron chi connectivity index (χ2n) is 4.53. The largest absolute Gasteiger partial charge is 0.479 e. The maximum atomic E-state index is 13.0. The highest BCUT2D eigenvalue weighted by atomic mass is 19.4. The van der Waals surface area contributed by atoms with Crippen LogP contribution < -0.4 is 0 Å². The summed E-state index contributed by atoms with van der Waals surface area (Å²) in [6, 6.07) is 0. The van der Waals surface area contributed by atoms with Crippen LogP contribution in [0.5, 0.6) is 0 Å². The minimum absolute atomic E-state index is 0.0737. The van der Waals surface area contributed by atoms with Crippen LogP contribution in [-0.4, -0.2) is 40.1 Å². The first-order valence-electron chi connectivity index (χ1n) is 5.42. The number of carboxylic acid groups (broad SMARTS) is 1. The maximum Gasteiger partial charge on any atom is 0.422 e. The summed E-state index contributed by atoms with van der Waals surface area (Å²) in [5.41, 5.74) is -3.01. The monoisotopic (exact) mass is 251 g/mol. The summed E-state index contributed by atoms with van der Waals surface area (Å²) in [6.45, 7) is -0.124. The quantitative estimate of drug-likeness (QED) is 0.807. The van der Waals surface area contributed by atoms with Gasteiger partial charge in [0, 0.05) is 12.5 Å². The van der Waals surface area contributed by atoms with Gasteiger partial charge in [-0.1, -0.05) is 0 Å². The Balaban J connectivity index is 2.36. The summed E-state index contributed by atoms with van der Waals surface area (Å²) in [5, 5.41) is 8.91. The van der Waals surface area contributed by atoms with Gasteiger partial charge in [0.25, 0.3) is 0 Å². The van der Waals surface area contributed by atoms with Crippen molar-refractivity contribution in [1.82, 2.24) is 4.90 Å². The lowest BCUT2D eigenvalue weighted by Gasteiger charge is -2.36. The van der Waals surface area contributed by atoms with Crippen LogP contribution >= 0.6 is 0 Å². The highest BCUT2D eigenvalue weighted by Crippen LogP contribution is 2.46. The molecule has 1 amide bonds. The Morgan fingerprint density at radius 3 is 2.29 bits per heavy atom. The molecule has 17 heavy (non-hydrogen) atoms. The van der Waals surface area contributed by atoms with Gasteiger partial charge in [-0.2, -0.15) is 13.2 Å². The van der Waals surface area contributed by atoms with E-state index in [1.165, 1.54) is 0 Å². The molecular weight excluding hydrogens is 239 g/mol. The van der Waals surface area contributed by atoms with Gasteiger partial charge in [-0.15, -0.1) is 0 Å². The number of aliphatic carboxylic acids is 1. The minimum Gasteiger partial charge on any atom is -0.479 e. The van der Waals surface area contributed by atoms with Crippen LogP contribution in [0.3, 0.4) is 0 Å². The molecule has 0 bridgehead atoms. The number of carbonyl (C=O) groups excluding carboxylic acids is 1. The summed E-state index contributed by atoms with van der Waals surface area (Å²) in [4.78, 5) is 23.3. The van der Waals surface area contributed by atoms with Crippen LogP contribution in [0.1, 0.15) is 25.7 Å². The number of hydrogen-bond donors (Lipinski definition) is 1. The highest BCUT2D eigenvalue weighted by molar-refractivity contribution is 5.90. The molecule has 2 aliphatic rings. The number of amides is 1. The molecule has 1 unspecified atom stereocenters. The van der Waals surface area contributed by atoms with Crippen molar-refractivity contribution in [2.75, 3.05) is 6.54 Å². The van der Waals surface area contributed by atoms with Gasteiger partial charge in [-0.05, 0) is 25.7 Å². The van der Waals surface area contributed by atoms with E-state index in [0.717, 1.165) is 0 Å². The summed E-state index contributed by atoms with van der Waals surface area (Å²) in [5.74, 6) is -3.05. The Bertz CT molecular complexity index is 364.